The molecule has 1 aromatic carbocycles. The highest BCUT2D eigenvalue weighted by Gasteiger charge is 2.22. The minimum atomic E-state index is 0.124. The van der Waals surface area contributed by atoms with Gasteiger partial charge in [0.2, 0.25) is 0 Å². The molecule has 0 radical (unpaired) electrons. The summed E-state index contributed by atoms with van der Waals surface area (Å²) in [6.07, 6.45) is 3.81. The summed E-state index contributed by atoms with van der Waals surface area (Å²) < 4.78 is 0. The van der Waals surface area contributed by atoms with Gasteiger partial charge in [-0.1, -0.05) is 31.2 Å². The lowest BCUT2D eigenvalue weighted by atomic mass is 9.82. The Balaban J connectivity index is 2.05. The summed E-state index contributed by atoms with van der Waals surface area (Å²) in [5.41, 5.74) is 3.07. The molecule has 0 N–H and O–H groups in total. The molecule has 0 amide bonds. The maximum atomic E-state index is 8.97. The first-order valence-electron chi connectivity index (χ1n) is 7.44. The molecular weight excluding hydrogens is 232 g/mol. The van der Waals surface area contributed by atoms with E-state index in [1.807, 2.05) is 6.92 Å². The van der Waals surface area contributed by atoms with Crippen LogP contribution in [0.15, 0.2) is 24.3 Å². The van der Waals surface area contributed by atoms with Crippen molar-refractivity contribution in [3.8, 4) is 6.07 Å². The Labute approximate surface area is 117 Å². The van der Waals surface area contributed by atoms with Gasteiger partial charge in [-0.2, -0.15) is 5.26 Å². The lowest BCUT2D eigenvalue weighted by Gasteiger charge is -2.31. The van der Waals surface area contributed by atoms with E-state index in [2.05, 4.69) is 42.2 Å². The van der Waals surface area contributed by atoms with E-state index in [0.717, 1.165) is 19.6 Å². The zero-order valence-corrected chi connectivity index (χ0v) is 12.1. The molecule has 2 unspecified atom stereocenters. The quantitative estimate of drug-likeness (QED) is 0.805. The Morgan fingerprint density at radius 1 is 1.42 bits per heavy atom. The first-order chi connectivity index (χ1) is 9.24. The minimum absolute atomic E-state index is 0.124. The van der Waals surface area contributed by atoms with Gasteiger partial charge in [0.05, 0.1) is 12.0 Å². The second-order valence-electron chi connectivity index (χ2n) is 5.67. The minimum Gasteiger partial charge on any atom is -0.302 e. The van der Waals surface area contributed by atoms with Gasteiger partial charge in [-0.05, 0) is 49.8 Å². The molecule has 2 heteroatoms. The summed E-state index contributed by atoms with van der Waals surface area (Å²) in [5, 5.41) is 8.97. The molecule has 0 aromatic heterocycles. The number of rotatable bonds is 5. The van der Waals surface area contributed by atoms with Gasteiger partial charge in [-0.25, -0.2) is 0 Å². The van der Waals surface area contributed by atoms with Crippen molar-refractivity contribution in [1.82, 2.24) is 4.90 Å². The third kappa shape index (κ3) is 3.58. The number of hydrogen-bond acceptors (Lipinski definition) is 2. The van der Waals surface area contributed by atoms with E-state index >= 15 is 0 Å². The van der Waals surface area contributed by atoms with Crippen LogP contribution >= 0.6 is 0 Å². The van der Waals surface area contributed by atoms with Crippen molar-refractivity contribution in [2.45, 2.75) is 39.0 Å². The molecule has 19 heavy (non-hydrogen) atoms. The largest absolute Gasteiger partial charge is 0.302 e. The Morgan fingerprint density at radius 3 is 2.95 bits per heavy atom. The smallest absolute Gasteiger partial charge is 0.0666 e. The maximum absolute atomic E-state index is 8.97. The van der Waals surface area contributed by atoms with E-state index < -0.39 is 0 Å². The molecular formula is C17H24N2. The van der Waals surface area contributed by atoms with E-state index in [1.165, 1.54) is 30.4 Å². The average molecular weight is 256 g/mol. The topological polar surface area (TPSA) is 27.0 Å². The van der Waals surface area contributed by atoms with Crippen LogP contribution in [0, 0.1) is 17.2 Å². The van der Waals surface area contributed by atoms with Gasteiger partial charge in [0, 0.05) is 13.1 Å². The van der Waals surface area contributed by atoms with Crippen LogP contribution < -0.4 is 0 Å². The molecule has 0 fully saturated rings. The number of nitriles is 1. The molecule has 2 nitrogen and oxygen atoms in total. The Hall–Kier alpha value is -1.33. The Morgan fingerprint density at radius 2 is 2.21 bits per heavy atom. The van der Waals surface area contributed by atoms with Crippen molar-refractivity contribution >= 4 is 0 Å². The zero-order valence-electron chi connectivity index (χ0n) is 12.1. The standard InChI is InChI=1S/C17H24N2/c1-3-19(12-14(2)11-18)13-16-9-6-8-15-7-4-5-10-17(15)16/h4-5,7,10,14,16H,3,6,8-9,12-13H2,1-2H3. The Kier molecular flexibility index (Phi) is 4.99. The monoisotopic (exact) mass is 256 g/mol. The SMILES string of the molecule is CCN(CC(C)C#N)CC1CCCc2ccccc21. The number of hydrogen-bond donors (Lipinski definition) is 0. The van der Waals surface area contributed by atoms with Crippen LogP contribution in [0.2, 0.25) is 0 Å². The number of nitrogens with zero attached hydrogens (tertiary/aromatic N) is 2. The van der Waals surface area contributed by atoms with E-state index in [9.17, 15) is 0 Å². The second-order valence-corrected chi connectivity index (χ2v) is 5.67. The summed E-state index contributed by atoms with van der Waals surface area (Å²) in [7, 11) is 0. The van der Waals surface area contributed by atoms with Gasteiger partial charge in [-0.15, -0.1) is 0 Å². The van der Waals surface area contributed by atoms with E-state index in [4.69, 9.17) is 5.26 Å². The Bertz CT molecular complexity index is 447. The molecule has 102 valence electrons. The van der Waals surface area contributed by atoms with Crippen molar-refractivity contribution in [2.75, 3.05) is 19.6 Å². The molecule has 0 saturated heterocycles. The van der Waals surface area contributed by atoms with Crippen molar-refractivity contribution in [3.63, 3.8) is 0 Å². The molecule has 1 aliphatic carbocycles. The summed E-state index contributed by atoms with van der Waals surface area (Å²) in [5.74, 6) is 0.773. The summed E-state index contributed by atoms with van der Waals surface area (Å²) in [6.45, 7) is 7.23. The third-order valence-corrected chi connectivity index (χ3v) is 4.17. The van der Waals surface area contributed by atoms with Gasteiger partial charge in [0.1, 0.15) is 0 Å². The highest BCUT2D eigenvalue weighted by Crippen LogP contribution is 2.32. The van der Waals surface area contributed by atoms with E-state index in [1.54, 1.807) is 0 Å². The molecule has 2 rings (SSSR count). The van der Waals surface area contributed by atoms with Crippen LogP contribution in [0.3, 0.4) is 0 Å². The second kappa shape index (κ2) is 6.73. The van der Waals surface area contributed by atoms with Crippen molar-refractivity contribution in [3.05, 3.63) is 35.4 Å². The van der Waals surface area contributed by atoms with Gasteiger partial charge < -0.3 is 4.90 Å². The normalized spacial score (nSPS) is 19.8. The van der Waals surface area contributed by atoms with Crippen LogP contribution in [0.1, 0.15) is 43.7 Å². The molecule has 0 saturated carbocycles. The molecule has 0 spiro atoms. The number of likely N-dealkylation sites (N-methyl/N-ethyl adjacent to an activating group) is 1. The predicted molar refractivity (Wildman–Crippen MR) is 79.0 cm³/mol. The van der Waals surface area contributed by atoms with Crippen molar-refractivity contribution in [2.24, 2.45) is 5.92 Å². The first kappa shape index (κ1) is 14.1. The van der Waals surface area contributed by atoms with Gasteiger partial charge in [0.25, 0.3) is 0 Å². The molecule has 1 aromatic rings. The van der Waals surface area contributed by atoms with E-state index in [-0.39, 0.29) is 5.92 Å². The van der Waals surface area contributed by atoms with Crippen LogP contribution in [-0.2, 0) is 6.42 Å². The van der Waals surface area contributed by atoms with Gasteiger partial charge in [0.15, 0.2) is 0 Å². The number of aryl methyl sites for hydroxylation is 1. The maximum Gasteiger partial charge on any atom is 0.0666 e. The number of fused-ring (bicyclic) bond motifs is 1. The van der Waals surface area contributed by atoms with Crippen molar-refractivity contribution in [1.29, 1.82) is 5.26 Å². The van der Waals surface area contributed by atoms with Gasteiger partial charge >= 0.3 is 0 Å². The zero-order chi connectivity index (χ0) is 13.7. The summed E-state index contributed by atoms with van der Waals surface area (Å²) in [6, 6.07) is 11.2. The van der Waals surface area contributed by atoms with Crippen LogP contribution in [-0.4, -0.2) is 24.5 Å². The number of benzene rings is 1. The lowest BCUT2D eigenvalue weighted by molar-refractivity contribution is 0.243. The lowest BCUT2D eigenvalue weighted by Crippen LogP contribution is -2.33. The van der Waals surface area contributed by atoms with E-state index in [0.29, 0.717) is 5.92 Å². The third-order valence-electron chi connectivity index (χ3n) is 4.17. The molecule has 0 bridgehead atoms. The summed E-state index contributed by atoms with van der Waals surface area (Å²) >= 11 is 0. The van der Waals surface area contributed by atoms with Crippen LogP contribution in [0.25, 0.3) is 0 Å². The predicted octanol–water partition coefficient (Wildman–Crippen LogP) is 3.59. The fourth-order valence-electron chi connectivity index (χ4n) is 3.12. The highest BCUT2D eigenvalue weighted by molar-refractivity contribution is 5.32. The molecule has 0 aliphatic heterocycles. The van der Waals surface area contributed by atoms with Crippen molar-refractivity contribution < 1.29 is 0 Å². The molecule has 2 atom stereocenters. The highest BCUT2D eigenvalue weighted by atomic mass is 15.1. The van der Waals surface area contributed by atoms with Gasteiger partial charge in [-0.3, -0.25) is 0 Å². The first-order valence-corrected chi connectivity index (χ1v) is 7.44. The van der Waals surface area contributed by atoms with Crippen LogP contribution in [0.5, 0.6) is 0 Å². The summed E-state index contributed by atoms with van der Waals surface area (Å²) in [4.78, 5) is 2.43. The molecule has 1 aliphatic rings. The average Bonchev–Trinajstić information content (AvgIpc) is 2.46. The fraction of sp³-hybridized carbons (Fsp3) is 0.588. The van der Waals surface area contributed by atoms with Crippen LogP contribution in [0.4, 0.5) is 0 Å². The fourth-order valence-corrected chi connectivity index (χ4v) is 3.12. The molecule has 0 heterocycles.